The van der Waals surface area contributed by atoms with Crippen molar-refractivity contribution in [2.24, 2.45) is 0 Å². The molecule has 12 heavy (non-hydrogen) atoms. The van der Waals surface area contributed by atoms with Crippen molar-refractivity contribution in [2.75, 3.05) is 0 Å². The van der Waals surface area contributed by atoms with Gasteiger partial charge in [-0.2, -0.15) is 4.57 Å². The molecule has 0 aliphatic carbocycles. The standard InChI is InChI=1S/C10H13ClN/c1-8-5-4-6-12(10(8)3)7-9(2)11/h4-6H,2,7H2,1,3H3/q+1. The first-order valence-corrected chi connectivity index (χ1v) is 4.28. The smallest absolute Gasteiger partial charge is 0.183 e. The molecule has 1 heterocycles. The number of hydrogen-bond donors (Lipinski definition) is 0. The number of rotatable bonds is 2. The van der Waals surface area contributed by atoms with Gasteiger partial charge < -0.3 is 0 Å². The van der Waals surface area contributed by atoms with Gasteiger partial charge in [-0.3, -0.25) is 0 Å². The molecule has 2 heteroatoms. The third-order valence-corrected chi connectivity index (χ3v) is 2.08. The Hall–Kier alpha value is -0.820. The number of allylic oxidation sites excluding steroid dienone is 1. The van der Waals surface area contributed by atoms with Gasteiger partial charge in [0.1, 0.15) is 0 Å². The fraction of sp³-hybridized carbons (Fsp3) is 0.300. The maximum atomic E-state index is 5.72. The summed E-state index contributed by atoms with van der Waals surface area (Å²) >= 11 is 5.72. The van der Waals surface area contributed by atoms with Crippen molar-refractivity contribution >= 4 is 11.6 Å². The van der Waals surface area contributed by atoms with Gasteiger partial charge in [0.2, 0.25) is 0 Å². The molecular formula is C10H13ClN+. The van der Waals surface area contributed by atoms with Crippen LogP contribution in [-0.4, -0.2) is 0 Å². The molecule has 0 atom stereocenters. The average Bonchev–Trinajstić information content (AvgIpc) is 1.98. The monoisotopic (exact) mass is 182 g/mol. The van der Waals surface area contributed by atoms with Gasteiger partial charge in [0.05, 0.1) is 5.03 Å². The lowest BCUT2D eigenvalue weighted by atomic mass is 10.2. The molecule has 0 amide bonds. The molecule has 1 rings (SSSR count). The SMILES string of the molecule is C=C(Cl)C[n+]1cccc(C)c1C. The lowest BCUT2D eigenvalue weighted by Gasteiger charge is -2.00. The van der Waals surface area contributed by atoms with Gasteiger partial charge in [0, 0.05) is 18.6 Å². The van der Waals surface area contributed by atoms with Crippen molar-refractivity contribution in [2.45, 2.75) is 20.4 Å². The largest absolute Gasteiger partial charge is 0.197 e. The second-order valence-electron chi connectivity index (χ2n) is 2.92. The number of hydrogen-bond acceptors (Lipinski definition) is 0. The highest BCUT2D eigenvalue weighted by Crippen LogP contribution is 2.01. The zero-order valence-corrected chi connectivity index (χ0v) is 8.23. The van der Waals surface area contributed by atoms with Crippen LogP contribution in [0.4, 0.5) is 0 Å². The zero-order chi connectivity index (χ0) is 9.14. The van der Waals surface area contributed by atoms with Crippen LogP contribution in [0.1, 0.15) is 11.3 Å². The van der Waals surface area contributed by atoms with Crippen LogP contribution in [0, 0.1) is 13.8 Å². The van der Waals surface area contributed by atoms with E-state index >= 15 is 0 Å². The molecule has 0 aromatic carbocycles. The number of aromatic nitrogens is 1. The molecule has 0 aliphatic heterocycles. The molecule has 1 aromatic heterocycles. The summed E-state index contributed by atoms with van der Waals surface area (Å²) in [7, 11) is 0. The fourth-order valence-corrected chi connectivity index (χ4v) is 1.24. The minimum atomic E-state index is 0.661. The molecular weight excluding hydrogens is 170 g/mol. The van der Waals surface area contributed by atoms with Crippen LogP contribution in [0.15, 0.2) is 29.9 Å². The Morgan fingerprint density at radius 3 is 2.83 bits per heavy atom. The van der Waals surface area contributed by atoms with Gasteiger partial charge in [-0.1, -0.05) is 18.2 Å². The van der Waals surface area contributed by atoms with E-state index < -0.39 is 0 Å². The second kappa shape index (κ2) is 3.72. The molecule has 0 radical (unpaired) electrons. The van der Waals surface area contributed by atoms with Crippen LogP contribution in [0.25, 0.3) is 0 Å². The summed E-state index contributed by atoms with van der Waals surface area (Å²) in [6, 6.07) is 4.10. The quantitative estimate of drug-likeness (QED) is 0.619. The number of pyridine rings is 1. The second-order valence-corrected chi connectivity index (χ2v) is 3.46. The predicted octanol–water partition coefficient (Wildman–Crippen LogP) is 2.34. The number of nitrogens with zero attached hydrogens (tertiary/aromatic N) is 1. The highest BCUT2D eigenvalue weighted by molar-refractivity contribution is 6.29. The predicted molar refractivity (Wildman–Crippen MR) is 51.1 cm³/mol. The lowest BCUT2D eigenvalue weighted by Crippen LogP contribution is -2.37. The van der Waals surface area contributed by atoms with Gasteiger partial charge in [0.25, 0.3) is 0 Å². The topological polar surface area (TPSA) is 3.88 Å². The summed E-state index contributed by atoms with van der Waals surface area (Å²) in [5, 5.41) is 0.661. The van der Waals surface area contributed by atoms with Crippen LogP contribution >= 0.6 is 11.6 Å². The van der Waals surface area contributed by atoms with Crippen LogP contribution in [0.3, 0.4) is 0 Å². The summed E-state index contributed by atoms with van der Waals surface area (Å²) in [5.74, 6) is 0. The Kier molecular flexibility index (Phi) is 2.88. The maximum Gasteiger partial charge on any atom is 0.183 e. The lowest BCUT2D eigenvalue weighted by molar-refractivity contribution is -0.694. The Labute approximate surface area is 78.3 Å². The van der Waals surface area contributed by atoms with E-state index in [1.54, 1.807) is 0 Å². The first-order valence-electron chi connectivity index (χ1n) is 3.90. The van der Waals surface area contributed by atoms with Gasteiger partial charge in [-0.05, 0) is 13.0 Å². The third-order valence-electron chi connectivity index (χ3n) is 1.96. The van der Waals surface area contributed by atoms with Crippen molar-refractivity contribution in [1.29, 1.82) is 0 Å². The van der Waals surface area contributed by atoms with Gasteiger partial charge >= 0.3 is 0 Å². The Balaban J connectivity index is 3.00. The molecule has 0 spiro atoms. The molecule has 0 aliphatic rings. The van der Waals surface area contributed by atoms with Crippen molar-refractivity contribution in [3.63, 3.8) is 0 Å². The van der Waals surface area contributed by atoms with Crippen LogP contribution < -0.4 is 4.57 Å². The molecule has 1 nitrogen and oxygen atoms in total. The molecule has 0 saturated carbocycles. The third kappa shape index (κ3) is 2.08. The number of aryl methyl sites for hydroxylation is 1. The van der Waals surface area contributed by atoms with Crippen LogP contribution in [-0.2, 0) is 6.54 Å². The molecule has 0 fully saturated rings. The highest BCUT2D eigenvalue weighted by atomic mass is 35.5. The average molecular weight is 183 g/mol. The van der Waals surface area contributed by atoms with E-state index in [0.717, 1.165) is 0 Å². The summed E-state index contributed by atoms with van der Waals surface area (Å²) < 4.78 is 2.09. The molecule has 1 aromatic rings. The van der Waals surface area contributed by atoms with E-state index in [1.165, 1.54) is 11.3 Å². The molecule has 0 N–H and O–H groups in total. The molecule has 0 saturated heterocycles. The van der Waals surface area contributed by atoms with E-state index in [9.17, 15) is 0 Å². The fourth-order valence-electron chi connectivity index (χ4n) is 1.11. The van der Waals surface area contributed by atoms with E-state index in [4.69, 9.17) is 11.6 Å². The Morgan fingerprint density at radius 2 is 2.25 bits per heavy atom. The van der Waals surface area contributed by atoms with Crippen LogP contribution in [0.5, 0.6) is 0 Å². The molecule has 0 unspecified atom stereocenters. The Bertz CT molecular complexity index is 305. The summed E-state index contributed by atoms with van der Waals surface area (Å²) in [6.45, 7) is 8.52. The molecule has 0 bridgehead atoms. The van der Waals surface area contributed by atoms with Crippen molar-refractivity contribution in [3.05, 3.63) is 41.2 Å². The first-order chi connectivity index (χ1) is 5.61. The van der Waals surface area contributed by atoms with Gasteiger partial charge in [0.15, 0.2) is 18.4 Å². The normalized spacial score (nSPS) is 9.92. The van der Waals surface area contributed by atoms with Crippen molar-refractivity contribution < 1.29 is 4.57 Å². The van der Waals surface area contributed by atoms with E-state index in [0.29, 0.717) is 11.6 Å². The maximum absolute atomic E-state index is 5.72. The number of halogens is 1. The van der Waals surface area contributed by atoms with Crippen LogP contribution in [0.2, 0.25) is 0 Å². The Morgan fingerprint density at radius 1 is 1.58 bits per heavy atom. The first kappa shape index (κ1) is 9.27. The van der Waals surface area contributed by atoms with E-state index in [2.05, 4.69) is 31.1 Å². The summed E-state index contributed by atoms with van der Waals surface area (Å²) in [5.41, 5.74) is 2.51. The van der Waals surface area contributed by atoms with Crippen molar-refractivity contribution in [3.8, 4) is 0 Å². The van der Waals surface area contributed by atoms with Gasteiger partial charge in [-0.15, -0.1) is 0 Å². The highest BCUT2D eigenvalue weighted by Gasteiger charge is 2.07. The van der Waals surface area contributed by atoms with Gasteiger partial charge in [-0.25, -0.2) is 0 Å². The van der Waals surface area contributed by atoms with E-state index in [-0.39, 0.29) is 0 Å². The summed E-state index contributed by atoms with van der Waals surface area (Å²) in [4.78, 5) is 0. The minimum absolute atomic E-state index is 0.661. The summed E-state index contributed by atoms with van der Waals surface area (Å²) in [6.07, 6.45) is 2.01. The minimum Gasteiger partial charge on any atom is -0.197 e. The van der Waals surface area contributed by atoms with E-state index in [1.807, 2.05) is 12.3 Å². The van der Waals surface area contributed by atoms with Crippen molar-refractivity contribution in [1.82, 2.24) is 0 Å². The molecule has 64 valence electrons. The zero-order valence-electron chi connectivity index (χ0n) is 7.47.